The molecular weight excluding hydrogens is 314 g/mol. The summed E-state index contributed by atoms with van der Waals surface area (Å²) in [4.78, 5) is 17.1. The Bertz CT molecular complexity index is 494. The van der Waals surface area contributed by atoms with Gasteiger partial charge >= 0.3 is 0 Å². The van der Waals surface area contributed by atoms with Crippen LogP contribution >= 0.6 is 12.4 Å². The maximum absolute atomic E-state index is 12.8. The van der Waals surface area contributed by atoms with Crippen LogP contribution in [0.3, 0.4) is 0 Å². The van der Waals surface area contributed by atoms with Crippen LogP contribution in [0, 0.1) is 0 Å². The zero-order valence-corrected chi connectivity index (χ0v) is 14.4. The highest BCUT2D eigenvalue weighted by molar-refractivity contribution is 5.85. The molecule has 2 fully saturated rings. The van der Waals surface area contributed by atoms with Gasteiger partial charge in [0.25, 0.3) is 0 Å². The molecule has 0 aromatic heterocycles. The lowest BCUT2D eigenvalue weighted by molar-refractivity contribution is -0.137. The molecule has 0 spiro atoms. The molecule has 0 aliphatic carbocycles. The summed E-state index contributed by atoms with van der Waals surface area (Å²) >= 11 is 0. The van der Waals surface area contributed by atoms with Crippen molar-refractivity contribution in [2.24, 2.45) is 0 Å². The maximum Gasteiger partial charge on any atom is 0.224 e. The van der Waals surface area contributed by atoms with Gasteiger partial charge in [0.15, 0.2) is 0 Å². The molecule has 2 aliphatic heterocycles. The number of halogens is 1. The first kappa shape index (κ1) is 18.2. The van der Waals surface area contributed by atoms with Crippen molar-refractivity contribution < 1.29 is 9.53 Å². The Kier molecular flexibility index (Phi) is 6.84. The number of ether oxygens (including phenoxy) is 1. The lowest BCUT2D eigenvalue weighted by Gasteiger charge is -2.41. The van der Waals surface area contributed by atoms with Crippen molar-refractivity contribution in [3.63, 3.8) is 0 Å². The number of carbonyl (C=O) groups is 1. The van der Waals surface area contributed by atoms with E-state index in [0.717, 1.165) is 32.8 Å². The highest BCUT2D eigenvalue weighted by Gasteiger charge is 2.31. The summed E-state index contributed by atoms with van der Waals surface area (Å²) in [7, 11) is 2.12. The number of amides is 1. The minimum absolute atomic E-state index is 0. The van der Waals surface area contributed by atoms with Crippen molar-refractivity contribution in [1.82, 2.24) is 15.1 Å². The molecule has 0 saturated carbocycles. The lowest BCUT2D eigenvalue weighted by atomic mass is 10.0. The molecule has 23 heavy (non-hydrogen) atoms. The van der Waals surface area contributed by atoms with Crippen LogP contribution in [0.2, 0.25) is 0 Å². The number of likely N-dealkylation sites (N-methyl/N-ethyl adjacent to an activating group) is 1. The predicted molar refractivity (Wildman–Crippen MR) is 92.9 cm³/mol. The van der Waals surface area contributed by atoms with Crippen LogP contribution in [-0.2, 0) is 9.53 Å². The fourth-order valence-corrected chi connectivity index (χ4v) is 3.26. The van der Waals surface area contributed by atoms with Crippen LogP contribution in [-0.4, -0.2) is 68.2 Å². The molecule has 1 amide bonds. The molecule has 1 aromatic rings. The smallest absolute Gasteiger partial charge is 0.224 e. The summed E-state index contributed by atoms with van der Waals surface area (Å²) in [6.07, 6.45) is 0.521. The average molecular weight is 340 g/mol. The third-order valence-corrected chi connectivity index (χ3v) is 4.51. The van der Waals surface area contributed by atoms with E-state index in [2.05, 4.69) is 29.4 Å². The summed E-state index contributed by atoms with van der Waals surface area (Å²) in [5.41, 5.74) is 1.22. The quantitative estimate of drug-likeness (QED) is 0.901. The summed E-state index contributed by atoms with van der Waals surface area (Å²) in [5, 5.41) is 3.37. The van der Waals surface area contributed by atoms with E-state index in [9.17, 15) is 4.79 Å². The van der Waals surface area contributed by atoms with E-state index in [1.807, 2.05) is 23.1 Å². The second-order valence-electron chi connectivity index (χ2n) is 6.21. The molecule has 0 radical (unpaired) electrons. The van der Waals surface area contributed by atoms with Gasteiger partial charge in [0.1, 0.15) is 0 Å². The van der Waals surface area contributed by atoms with Gasteiger partial charge in [0.05, 0.1) is 19.3 Å². The average Bonchev–Trinajstić information content (AvgIpc) is 2.56. The number of hydrogen-bond donors (Lipinski definition) is 1. The Morgan fingerprint density at radius 1 is 1.30 bits per heavy atom. The molecule has 0 bridgehead atoms. The van der Waals surface area contributed by atoms with E-state index in [-0.39, 0.29) is 30.4 Å². The van der Waals surface area contributed by atoms with E-state index < -0.39 is 0 Å². The van der Waals surface area contributed by atoms with Crippen LogP contribution in [0.1, 0.15) is 18.0 Å². The molecule has 2 unspecified atom stereocenters. The largest absolute Gasteiger partial charge is 0.378 e. The number of benzene rings is 1. The van der Waals surface area contributed by atoms with Gasteiger partial charge in [-0.15, -0.1) is 12.4 Å². The molecule has 1 N–H and O–H groups in total. The van der Waals surface area contributed by atoms with Gasteiger partial charge in [-0.3, -0.25) is 4.79 Å². The Hall–Kier alpha value is -1.14. The van der Waals surface area contributed by atoms with Crippen molar-refractivity contribution in [3.8, 4) is 0 Å². The maximum atomic E-state index is 12.8. The standard InChI is InChI=1S/C17H25N3O2.ClH/c1-19-8-9-20(16(12-19)14-5-3-2-4-6-14)17(21)11-15-13-22-10-7-18-15;/h2-6,15-16,18H,7-13H2,1H3;1H. The molecule has 5 nitrogen and oxygen atoms in total. The lowest BCUT2D eigenvalue weighted by Crippen LogP contribution is -2.51. The third-order valence-electron chi connectivity index (χ3n) is 4.51. The highest BCUT2D eigenvalue weighted by Crippen LogP contribution is 2.25. The third kappa shape index (κ3) is 4.67. The number of piperazine rings is 1. The van der Waals surface area contributed by atoms with E-state index in [4.69, 9.17) is 4.74 Å². The first-order chi connectivity index (χ1) is 10.7. The molecule has 6 heteroatoms. The van der Waals surface area contributed by atoms with Gasteiger partial charge in [-0.2, -0.15) is 0 Å². The first-order valence-electron chi connectivity index (χ1n) is 8.08. The van der Waals surface area contributed by atoms with Crippen LogP contribution in [0.15, 0.2) is 30.3 Å². The van der Waals surface area contributed by atoms with Crippen molar-refractivity contribution in [2.45, 2.75) is 18.5 Å². The van der Waals surface area contributed by atoms with E-state index in [1.54, 1.807) is 0 Å². The van der Waals surface area contributed by atoms with Gasteiger partial charge in [0, 0.05) is 38.6 Å². The van der Waals surface area contributed by atoms with Crippen LogP contribution in [0.25, 0.3) is 0 Å². The Labute approximate surface area is 144 Å². The number of morpholine rings is 1. The topological polar surface area (TPSA) is 44.8 Å². The molecule has 2 aliphatic rings. The van der Waals surface area contributed by atoms with E-state index >= 15 is 0 Å². The van der Waals surface area contributed by atoms with Gasteiger partial charge in [-0.1, -0.05) is 30.3 Å². The summed E-state index contributed by atoms with van der Waals surface area (Å²) in [5.74, 6) is 0.227. The molecular formula is C17H26ClN3O2. The number of nitrogens with one attached hydrogen (secondary N) is 1. The minimum atomic E-state index is 0. The molecule has 3 rings (SSSR count). The fourth-order valence-electron chi connectivity index (χ4n) is 3.26. The van der Waals surface area contributed by atoms with Crippen LogP contribution in [0.5, 0.6) is 0 Å². The van der Waals surface area contributed by atoms with Gasteiger partial charge < -0.3 is 19.9 Å². The zero-order chi connectivity index (χ0) is 15.4. The van der Waals surface area contributed by atoms with Crippen molar-refractivity contribution in [3.05, 3.63) is 35.9 Å². The second kappa shape index (κ2) is 8.64. The van der Waals surface area contributed by atoms with Crippen molar-refractivity contribution >= 4 is 18.3 Å². The first-order valence-corrected chi connectivity index (χ1v) is 8.08. The SMILES string of the molecule is CN1CCN(C(=O)CC2COCCN2)C(c2ccccc2)C1.Cl. The number of carbonyl (C=O) groups excluding carboxylic acids is 1. The van der Waals surface area contributed by atoms with Crippen LogP contribution in [0.4, 0.5) is 0 Å². The van der Waals surface area contributed by atoms with Crippen molar-refractivity contribution in [2.75, 3.05) is 46.4 Å². The Morgan fingerprint density at radius 2 is 2.09 bits per heavy atom. The molecule has 2 heterocycles. The monoisotopic (exact) mass is 339 g/mol. The molecule has 128 valence electrons. The second-order valence-corrected chi connectivity index (χ2v) is 6.21. The summed E-state index contributed by atoms with van der Waals surface area (Å²) in [6, 6.07) is 10.6. The van der Waals surface area contributed by atoms with Gasteiger partial charge in [-0.25, -0.2) is 0 Å². The number of rotatable bonds is 3. The zero-order valence-electron chi connectivity index (χ0n) is 13.6. The Balaban J connectivity index is 0.00000192. The van der Waals surface area contributed by atoms with Crippen molar-refractivity contribution in [1.29, 1.82) is 0 Å². The van der Waals surface area contributed by atoms with Crippen LogP contribution < -0.4 is 5.32 Å². The fraction of sp³-hybridized carbons (Fsp3) is 0.588. The normalized spacial score (nSPS) is 25.7. The molecule has 1 aromatic carbocycles. The van der Waals surface area contributed by atoms with Gasteiger partial charge in [-0.05, 0) is 12.6 Å². The Morgan fingerprint density at radius 3 is 2.78 bits per heavy atom. The minimum Gasteiger partial charge on any atom is -0.378 e. The summed E-state index contributed by atoms with van der Waals surface area (Å²) < 4.78 is 5.46. The van der Waals surface area contributed by atoms with E-state index in [1.165, 1.54) is 5.56 Å². The number of nitrogens with zero attached hydrogens (tertiary/aromatic N) is 2. The predicted octanol–water partition coefficient (Wildman–Crippen LogP) is 1.30. The molecule has 2 atom stereocenters. The number of hydrogen-bond acceptors (Lipinski definition) is 4. The summed E-state index contributed by atoms with van der Waals surface area (Å²) in [6.45, 7) is 4.83. The highest BCUT2D eigenvalue weighted by atomic mass is 35.5. The van der Waals surface area contributed by atoms with Gasteiger partial charge in [0.2, 0.25) is 5.91 Å². The van der Waals surface area contributed by atoms with E-state index in [0.29, 0.717) is 13.0 Å². The molecule has 2 saturated heterocycles.